The van der Waals surface area contributed by atoms with Gasteiger partial charge in [0.1, 0.15) is 17.1 Å². The summed E-state index contributed by atoms with van der Waals surface area (Å²) in [4.78, 5) is 36.9. The number of ether oxygens (including phenoxy) is 1. The predicted octanol–water partition coefficient (Wildman–Crippen LogP) is 4.37. The summed E-state index contributed by atoms with van der Waals surface area (Å²) < 4.78 is 34.4. The third-order valence-corrected chi connectivity index (χ3v) is 9.08. The maximum absolute atomic E-state index is 14.3. The highest BCUT2D eigenvalue weighted by Gasteiger charge is 2.56. The normalized spacial score (nSPS) is 22.1. The van der Waals surface area contributed by atoms with E-state index in [0.29, 0.717) is 62.9 Å². The summed E-state index contributed by atoms with van der Waals surface area (Å²) in [7, 11) is 0. The Hall–Kier alpha value is -2.95. The van der Waals surface area contributed by atoms with Gasteiger partial charge in [-0.15, -0.1) is 0 Å². The van der Waals surface area contributed by atoms with Gasteiger partial charge in [0.2, 0.25) is 5.91 Å². The van der Waals surface area contributed by atoms with Crippen LogP contribution in [-0.2, 0) is 16.0 Å². The molecule has 0 saturated carbocycles. The fourth-order valence-corrected chi connectivity index (χ4v) is 6.54. The molecule has 0 aliphatic carbocycles. The summed E-state index contributed by atoms with van der Waals surface area (Å²) in [6.45, 7) is 19.1. The Morgan fingerprint density at radius 3 is 2.29 bits per heavy atom. The maximum Gasteiger partial charge on any atom is 0.408 e. The van der Waals surface area contributed by atoms with Gasteiger partial charge in [-0.25, -0.2) is 18.6 Å². The molecule has 41 heavy (non-hydrogen) atoms. The number of hydrogen-bond acceptors (Lipinski definition) is 7. The number of aromatic nitrogens is 1. The highest BCUT2D eigenvalue weighted by molar-refractivity contribution is 5.87. The molecule has 0 atom stereocenters. The number of alkyl halides is 2. The van der Waals surface area contributed by atoms with Crippen LogP contribution in [-0.4, -0.2) is 96.3 Å². The first-order chi connectivity index (χ1) is 19.6. The fraction of sp³-hybridized carbons (Fsp3) is 0.700. The molecular formula is C30H46F2N6O3. The molecule has 11 heteroatoms. The highest BCUT2D eigenvalue weighted by Crippen LogP contribution is 2.42. The summed E-state index contributed by atoms with van der Waals surface area (Å²) in [5.41, 5.74) is 0.259. The Kier molecular flexibility index (Phi) is 9.45. The summed E-state index contributed by atoms with van der Waals surface area (Å²) in [5, 5.41) is 2.91. The first kappa shape index (κ1) is 31.0. The lowest BCUT2D eigenvalue weighted by Gasteiger charge is -2.50. The van der Waals surface area contributed by atoms with Gasteiger partial charge in [0.05, 0.1) is 5.54 Å². The van der Waals surface area contributed by atoms with Crippen LogP contribution in [0.5, 0.6) is 0 Å². The van der Waals surface area contributed by atoms with Crippen molar-refractivity contribution in [1.82, 2.24) is 20.1 Å². The number of carbonyl (C=O) groups excluding carboxylic acids is 2. The molecule has 1 N–H and O–H groups in total. The molecule has 4 saturated heterocycles. The molecule has 4 aliphatic heterocycles. The number of nitrogens with zero attached hydrogens (tertiary/aromatic N) is 5. The lowest BCUT2D eigenvalue weighted by atomic mass is 9.76. The molecular weight excluding hydrogens is 530 g/mol. The number of pyridine rings is 1. The zero-order chi connectivity index (χ0) is 29.9. The Morgan fingerprint density at radius 1 is 1.15 bits per heavy atom. The summed E-state index contributed by atoms with van der Waals surface area (Å²) in [6, 6.07) is 2.31. The zero-order valence-corrected chi connectivity index (χ0v) is 25.2. The van der Waals surface area contributed by atoms with E-state index in [0.717, 1.165) is 38.3 Å². The second-order valence-electron chi connectivity index (χ2n) is 11.7. The van der Waals surface area contributed by atoms with Crippen molar-refractivity contribution in [1.29, 1.82) is 0 Å². The van der Waals surface area contributed by atoms with E-state index in [1.165, 1.54) is 6.08 Å². The molecule has 0 bridgehead atoms. The molecule has 4 fully saturated rings. The third-order valence-electron chi connectivity index (χ3n) is 9.08. The Bertz CT molecular complexity index is 1110. The van der Waals surface area contributed by atoms with Gasteiger partial charge in [0.15, 0.2) is 0 Å². The lowest BCUT2D eigenvalue weighted by molar-refractivity contribution is -0.128. The van der Waals surface area contributed by atoms with Gasteiger partial charge < -0.3 is 24.8 Å². The molecule has 0 unspecified atom stereocenters. The molecule has 5 rings (SSSR count). The number of nitrogens with one attached hydrogen (secondary N) is 1. The van der Waals surface area contributed by atoms with Crippen LogP contribution in [0, 0.1) is 0 Å². The minimum absolute atomic E-state index is 0.0347. The van der Waals surface area contributed by atoms with E-state index in [2.05, 4.69) is 26.7 Å². The first-order valence-electron chi connectivity index (χ1n) is 15.1. The Morgan fingerprint density at radius 2 is 1.78 bits per heavy atom. The van der Waals surface area contributed by atoms with Crippen molar-refractivity contribution in [3.63, 3.8) is 0 Å². The van der Waals surface area contributed by atoms with Gasteiger partial charge in [-0.1, -0.05) is 33.8 Å². The molecule has 1 aromatic heterocycles. The van der Waals surface area contributed by atoms with Gasteiger partial charge in [0.25, 0.3) is 6.43 Å². The van der Waals surface area contributed by atoms with Crippen LogP contribution in [0.2, 0.25) is 0 Å². The molecule has 1 aromatic rings. The molecule has 9 nitrogen and oxygen atoms in total. The number of alkyl carbamates (subject to hydrolysis) is 1. The smallest absolute Gasteiger partial charge is 0.408 e. The van der Waals surface area contributed by atoms with E-state index in [-0.39, 0.29) is 11.6 Å². The van der Waals surface area contributed by atoms with E-state index in [9.17, 15) is 18.4 Å². The van der Waals surface area contributed by atoms with Crippen molar-refractivity contribution in [2.45, 2.75) is 83.9 Å². The number of anilines is 2. The average Bonchev–Trinajstić information content (AvgIpc) is 3.16. The first-order valence-corrected chi connectivity index (χ1v) is 15.1. The van der Waals surface area contributed by atoms with Crippen molar-refractivity contribution in [2.75, 3.05) is 62.2 Å². The standard InChI is InChI=1S/C28H40F2N6O3.C2H6/c1-5-7-20-21(36-17-19(18-36)33-12-14-35(15-13-33)23(37)6-2)16-22(31-24(20)25(29)30)34-10-8-28(9-11-34)27(3,4)32-26(38)39-28;1-2/h6,16,19,25H,2,5,7-15,17-18H2,1,3-4H3,(H,32,38);1-2H3. The molecule has 0 aromatic carbocycles. The summed E-state index contributed by atoms with van der Waals surface area (Å²) in [6.07, 6.45) is 0.796. The van der Waals surface area contributed by atoms with E-state index < -0.39 is 23.7 Å². The Labute approximate surface area is 242 Å². The van der Waals surface area contributed by atoms with Gasteiger partial charge in [-0.05, 0) is 26.3 Å². The number of rotatable bonds is 7. The maximum atomic E-state index is 14.3. The van der Waals surface area contributed by atoms with Crippen LogP contribution < -0.4 is 15.1 Å². The number of amides is 2. The number of carbonyl (C=O) groups is 2. The summed E-state index contributed by atoms with van der Waals surface area (Å²) >= 11 is 0. The van der Waals surface area contributed by atoms with Crippen molar-refractivity contribution >= 4 is 23.5 Å². The molecule has 2 amide bonds. The van der Waals surface area contributed by atoms with E-state index in [1.807, 2.05) is 50.5 Å². The third kappa shape index (κ3) is 6.01. The number of halogens is 2. The van der Waals surface area contributed by atoms with E-state index in [1.54, 1.807) is 0 Å². The molecule has 228 valence electrons. The summed E-state index contributed by atoms with van der Waals surface area (Å²) in [5.74, 6) is 0.526. The zero-order valence-electron chi connectivity index (χ0n) is 25.2. The van der Waals surface area contributed by atoms with E-state index >= 15 is 0 Å². The number of piperidine rings is 1. The van der Waals surface area contributed by atoms with Crippen molar-refractivity contribution < 1.29 is 23.1 Å². The molecule has 0 radical (unpaired) electrons. The highest BCUT2D eigenvalue weighted by atomic mass is 19.3. The van der Waals surface area contributed by atoms with Crippen LogP contribution in [0.1, 0.15) is 71.6 Å². The van der Waals surface area contributed by atoms with Crippen molar-refractivity contribution in [2.24, 2.45) is 0 Å². The van der Waals surface area contributed by atoms with Crippen LogP contribution in [0.4, 0.5) is 25.1 Å². The van der Waals surface area contributed by atoms with Crippen LogP contribution in [0.3, 0.4) is 0 Å². The second kappa shape index (κ2) is 12.5. The fourth-order valence-electron chi connectivity index (χ4n) is 6.54. The largest absolute Gasteiger partial charge is 0.440 e. The van der Waals surface area contributed by atoms with Crippen molar-refractivity contribution in [3.8, 4) is 0 Å². The van der Waals surface area contributed by atoms with Gasteiger partial charge in [0, 0.05) is 88.6 Å². The average molecular weight is 577 g/mol. The molecule has 1 spiro atoms. The van der Waals surface area contributed by atoms with Crippen LogP contribution >= 0.6 is 0 Å². The topological polar surface area (TPSA) is 81.2 Å². The Balaban J connectivity index is 0.00000189. The molecule has 4 aliphatic rings. The molecule has 5 heterocycles. The van der Waals surface area contributed by atoms with Crippen LogP contribution in [0.25, 0.3) is 0 Å². The second-order valence-corrected chi connectivity index (χ2v) is 11.7. The monoisotopic (exact) mass is 576 g/mol. The minimum atomic E-state index is -2.66. The van der Waals surface area contributed by atoms with Gasteiger partial charge in [-0.2, -0.15) is 0 Å². The van der Waals surface area contributed by atoms with E-state index in [4.69, 9.17) is 4.74 Å². The minimum Gasteiger partial charge on any atom is -0.440 e. The van der Waals surface area contributed by atoms with Crippen LogP contribution in [0.15, 0.2) is 18.7 Å². The number of hydrogen-bond donors (Lipinski definition) is 1. The van der Waals surface area contributed by atoms with Gasteiger partial charge >= 0.3 is 6.09 Å². The van der Waals surface area contributed by atoms with Gasteiger partial charge in [-0.3, -0.25) is 9.69 Å². The predicted molar refractivity (Wildman–Crippen MR) is 157 cm³/mol. The lowest BCUT2D eigenvalue weighted by Crippen LogP contribution is -2.63. The SMILES string of the molecule is C=CC(=O)N1CCN(C2CN(c3cc(N4CCC5(CC4)OC(=O)NC5(C)C)nc(C(F)F)c3CCC)C2)CC1.CC. The number of piperazine rings is 1. The quantitative estimate of drug-likeness (QED) is 0.483. The van der Waals surface area contributed by atoms with Crippen molar-refractivity contribution in [3.05, 3.63) is 30.0 Å².